The molecule has 6 heteroatoms. The summed E-state index contributed by atoms with van der Waals surface area (Å²) >= 11 is 1.69. The number of aliphatic hydroxyl groups is 1. The van der Waals surface area contributed by atoms with E-state index < -0.39 is 0 Å². The van der Waals surface area contributed by atoms with Gasteiger partial charge in [-0.2, -0.15) is 11.8 Å². The summed E-state index contributed by atoms with van der Waals surface area (Å²) in [5.41, 5.74) is 0.430. The monoisotopic (exact) mass is 294 g/mol. The Morgan fingerprint density at radius 3 is 2.95 bits per heavy atom. The molecule has 108 valence electrons. The SMILES string of the molecule is COc1cccc2ncn([C@H](CO)CCSC)c(=O)c12. The summed E-state index contributed by atoms with van der Waals surface area (Å²) in [5.74, 6) is 1.39. The van der Waals surface area contributed by atoms with Crippen molar-refractivity contribution in [3.63, 3.8) is 0 Å². The molecule has 0 spiro atoms. The van der Waals surface area contributed by atoms with Crippen molar-refractivity contribution in [2.24, 2.45) is 0 Å². The Labute approximate surface area is 121 Å². The van der Waals surface area contributed by atoms with E-state index in [1.54, 1.807) is 30.0 Å². The molecule has 2 rings (SSSR count). The van der Waals surface area contributed by atoms with Gasteiger partial charge in [-0.3, -0.25) is 9.36 Å². The van der Waals surface area contributed by atoms with Crippen molar-refractivity contribution in [2.45, 2.75) is 12.5 Å². The van der Waals surface area contributed by atoms with Crippen molar-refractivity contribution >= 4 is 22.7 Å². The first-order chi connectivity index (χ1) is 9.72. The Bertz CT molecular complexity index is 642. The topological polar surface area (TPSA) is 64.3 Å². The molecule has 1 atom stereocenters. The van der Waals surface area contributed by atoms with Crippen LogP contribution >= 0.6 is 11.8 Å². The minimum Gasteiger partial charge on any atom is -0.496 e. The number of hydrogen-bond acceptors (Lipinski definition) is 5. The summed E-state index contributed by atoms with van der Waals surface area (Å²) < 4.78 is 6.74. The fraction of sp³-hybridized carbons (Fsp3) is 0.429. The van der Waals surface area contributed by atoms with Gasteiger partial charge in [0.25, 0.3) is 5.56 Å². The van der Waals surface area contributed by atoms with Crippen LogP contribution in [0, 0.1) is 0 Å². The molecule has 0 bridgehead atoms. The maximum atomic E-state index is 12.6. The number of nitrogens with zero attached hydrogens (tertiary/aromatic N) is 2. The lowest BCUT2D eigenvalue weighted by Gasteiger charge is -2.17. The predicted octanol–water partition coefficient (Wildman–Crippen LogP) is 1.69. The molecule has 20 heavy (non-hydrogen) atoms. The van der Waals surface area contributed by atoms with Crippen molar-refractivity contribution in [1.29, 1.82) is 0 Å². The zero-order valence-electron chi connectivity index (χ0n) is 11.6. The van der Waals surface area contributed by atoms with Gasteiger partial charge < -0.3 is 9.84 Å². The number of aliphatic hydroxyl groups excluding tert-OH is 1. The van der Waals surface area contributed by atoms with Crippen LogP contribution in [0.5, 0.6) is 5.75 Å². The molecule has 0 radical (unpaired) electrons. The van der Waals surface area contributed by atoms with Gasteiger partial charge in [0.15, 0.2) is 0 Å². The molecule has 0 fully saturated rings. The average molecular weight is 294 g/mol. The molecule has 0 aliphatic carbocycles. The summed E-state index contributed by atoms with van der Waals surface area (Å²) in [6, 6.07) is 5.07. The first-order valence-electron chi connectivity index (χ1n) is 6.36. The third kappa shape index (κ3) is 2.81. The second-order valence-electron chi connectivity index (χ2n) is 4.43. The maximum Gasteiger partial charge on any atom is 0.265 e. The van der Waals surface area contributed by atoms with Gasteiger partial charge in [-0.05, 0) is 30.6 Å². The minimum atomic E-state index is -0.253. The minimum absolute atomic E-state index is 0.0806. The lowest BCUT2D eigenvalue weighted by molar-refractivity contribution is 0.222. The third-order valence-electron chi connectivity index (χ3n) is 3.25. The van der Waals surface area contributed by atoms with Crippen LogP contribution in [-0.4, -0.2) is 40.4 Å². The Balaban J connectivity index is 2.55. The molecular formula is C14H18N2O3S. The number of aromatic nitrogens is 2. The molecule has 0 aliphatic rings. The zero-order chi connectivity index (χ0) is 14.5. The van der Waals surface area contributed by atoms with Gasteiger partial charge in [0, 0.05) is 0 Å². The summed E-state index contributed by atoms with van der Waals surface area (Å²) in [7, 11) is 1.53. The molecule has 2 aromatic rings. The van der Waals surface area contributed by atoms with Crippen LogP contribution in [0.3, 0.4) is 0 Å². The molecule has 0 saturated carbocycles. The normalized spacial score (nSPS) is 12.6. The number of rotatable bonds is 6. The zero-order valence-corrected chi connectivity index (χ0v) is 12.4. The van der Waals surface area contributed by atoms with Crippen LogP contribution in [0.25, 0.3) is 10.9 Å². The molecule has 0 saturated heterocycles. The molecule has 1 aromatic heterocycles. The quantitative estimate of drug-likeness (QED) is 0.878. The molecule has 1 aromatic carbocycles. The molecule has 1 heterocycles. The van der Waals surface area contributed by atoms with Gasteiger partial charge in [-0.25, -0.2) is 4.98 Å². The number of hydrogen-bond donors (Lipinski definition) is 1. The molecule has 1 N–H and O–H groups in total. The fourth-order valence-corrected chi connectivity index (χ4v) is 2.66. The molecule has 0 aliphatic heterocycles. The van der Waals surface area contributed by atoms with Gasteiger partial charge in [0.1, 0.15) is 11.1 Å². The van der Waals surface area contributed by atoms with Crippen LogP contribution < -0.4 is 10.3 Å². The average Bonchev–Trinajstić information content (AvgIpc) is 2.49. The van der Waals surface area contributed by atoms with Crippen molar-refractivity contribution < 1.29 is 9.84 Å². The Kier molecular flexibility index (Phi) is 5.03. The van der Waals surface area contributed by atoms with Crippen molar-refractivity contribution in [3.05, 3.63) is 34.9 Å². The number of fused-ring (bicyclic) bond motifs is 1. The van der Waals surface area contributed by atoms with Crippen molar-refractivity contribution in [2.75, 3.05) is 25.7 Å². The maximum absolute atomic E-state index is 12.6. The number of thioether (sulfide) groups is 1. The van der Waals surface area contributed by atoms with Gasteiger partial charge in [0.05, 0.1) is 31.6 Å². The van der Waals surface area contributed by atoms with E-state index in [0.29, 0.717) is 16.7 Å². The van der Waals surface area contributed by atoms with E-state index in [-0.39, 0.29) is 18.2 Å². The summed E-state index contributed by atoms with van der Waals surface area (Å²) in [5, 5.41) is 9.96. The van der Waals surface area contributed by atoms with Gasteiger partial charge in [-0.1, -0.05) is 6.07 Å². The van der Waals surface area contributed by atoms with E-state index in [9.17, 15) is 9.90 Å². The van der Waals surface area contributed by atoms with E-state index in [4.69, 9.17) is 4.74 Å². The lowest BCUT2D eigenvalue weighted by Crippen LogP contribution is -2.28. The highest BCUT2D eigenvalue weighted by molar-refractivity contribution is 7.98. The summed E-state index contributed by atoms with van der Waals surface area (Å²) in [4.78, 5) is 16.9. The third-order valence-corrected chi connectivity index (χ3v) is 3.90. The summed E-state index contributed by atoms with van der Waals surface area (Å²) in [6.07, 6.45) is 4.23. The molecule has 0 amide bonds. The van der Waals surface area contributed by atoms with E-state index in [1.165, 1.54) is 18.0 Å². The Morgan fingerprint density at radius 2 is 2.30 bits per heavy atom. The standard InChI is InChI=1S/C14H18N2O3S/c1-19-12-5-3-4-11-13(12)14(18)16(9-15-11)10(8-17)6-7-20-2/h3-5,9-10,17H,6-8H2,1-2H3/t10-/m0/s1. The lowest BCUT2D eigenvalue weighted by atomic mass is 10.2. The highest BCUT2D eigenvalue weighted by Gasteiger charge is 2.15. The number of ether oxygens (including phenoxy) is 1. The second-order valence-corrected chi connectivity index (χ2v) is 5.41. The Hall–Kier alpha value is -1.53. The van der Waals surface area contributed by atoms with E-state index >= 15 is 0 Å². The van der Waals surface area contributed by atoms with Gasteiger partial charge in [0.2, 0.25) is 0 Å². The predicted molar refractivity (Wildman–Crippen MR) is 81.7 cm³/mol. The molecule has 5 nitrogen and oxygen atoms in total. The van der Waals surface area contributed by atoms with Gasteiger partial charge in [-0.15, -0.1) is 0 Å². The van der Waals surface area contributed by atoms with Crippen molar-refractivity contribution in [3.8, 4) is 5.75 Å². The molecular weight excluding hydrogens is 276 g/mol. The molecule has 0 unspecified atom stereocenters. The van der Waals surface area contributed by atoms with E-state index in [2.05, 4.69) is 4.98 Å². The van der Waals surface area contributed by atoms with E-state index in [1.807, 2.05) is 6.26 Å². The van der Waals surface area contributed by atoms with Crippen LogP contribution in [0.2, 0.25) is 0 Å². The van der Waals surface area contributed by atoms with Crippen LogP contribution in [-0.2, 0) is 0 Å². The van der Waals surface area contributed by atoms with Crippen LogP contribution in [0.4, 0.5) is 0 Å². The van der Waals surface area contributed by atoms with Gasteiger partial charge >= 0.3 is 0 Å². The fourth-order valence-electron chi connectivity index (χ4n) is 2.15. The van der Waals surface area contributed by atoms with Crippen LogP contribution in [0.1, 0.15) is 12.5 Å². The van der Waals surface area contributed by atoms with Crippen LogP contribution in [0.15, 0.2) is 29.3 Å². The second kappa shape index (κ2) is 6.76. The Morgan fingerprint density at radius 1 is 1.50 bits per heavy atom. The smallest absolute Gasteiger partial charge is 0.265 e. The first-order valence-corrected chi connectivity index (χ1v) is 7.76. The highest BCUT2D eigenvalue weighted by Crippen LogP contribution is 2.21. The highest BCUT2D eigenvalue weighted by atomic mass is 32.2. The number of methoxy groups -OCH3 is 1. The van der Waals surface area contributed by atoms with Crippen molar-refractivity contribution in [1.82, 2.24) is 9.55 Å². The first kappa shape index (κ1) is 14.9. The number of benzene rings is 1. The van der Waals surface area contributed by atoms with E-state index in [0.717, 1.165) is 12.2 Å². The largest absolute Gasteiger partial charge is 0.496 e. The summed E-state index contributed by atoms with van der Waals surface area (Å²) in [6.45, 7) is -0.0806.